The molecular weight excluding hydrogens is 380 g/mol. The molecule has 1 atom stereocenters. The number of nitrogens with zero attached hydrogens (tertiary/aromatic N) is 2. The molecule has 2 aromatic heterocycles. The third-order valence-electron chi connectivity index (χ3n) is 4.19. The van der Waals surface area contributed by atoms with E-state index < -0.39 is 0 Å². The number of hydrogen-bond acceptors (Lipinski definition) is 6. The van der Waals surface area contributed by atoms with E-state index in [9.17, 15) is 9.59 Å². The molecule has 0 bridgehead atoms. The van der Waals surface area contributed by atoms with Gasteiger partial charge in [0.1, 0.15) is 10.7 Å². The highest BCUT2D eigenvalue weighted by molar-refractivity contribution is 7.99. The molecule has 0 aliphatic heterocycles. The van der Waals surface area contributed by atoms with Crippen LogP contribution >= 0.6 is 23.1 Å². The molecule has 0 spiro atoms. The number of aromatic amines is 1. The second kappa shape index (κ2) is 7.94. The van der Waals surface area contributed by atoms with Crippen molar-refractivity contribution in [3.8, 4) is 6.07 Å². The van der Waals surface area contributed by atoms with Gasteiger partial charge in [0.2, 0.25) is 5.91 Å². The predicted octanol–water partition coefficient (Wildman–Crippen LogP) is 3.73. The summed E-state index contributed by atoms with van der Waals surface area (Å²) in [7, 11) is 0. The van der Waals surface area contributed by atoms with E-state index in [1.165, 1.54) is 23.1 Å². The van der Waals surface area contributed by atoms with Crippen molar-refractivity contribution in [1.82, 2.24) is 9.97 Å². The maximum atomic E-state index is 12.4. The molecule has 0 saturated heterocycles. The van der Waals surface area contributed by atoms with Crippen molar-refractivity contribution in [1.29, 1.82) is 5.26 Å². The fraction of sp³-hybridized carbons (Fsp3) is 0.263. The standard InChI is InChI=1S/C19H18N4O2S2/c1-10-11(2)27-19-16(10)18(25)22-15(23-19)9-26-12(3)17(24)21-14-6-4-5-13(7-14)8-20/h4-7,12H,9H2,1-3H3,(H,21,24)(H,22,23,25)/t12-/m1/s1. The van der Waals surface area contributed by atoms with Crippen LogP contribution in [-0.4, -0.2) is 21.1 Å². The minimum atomic E-state index is -0.344. The monoisotopic (exact) mass is 398 g/mol. The molecule has 27 heavy (non-hydrogen) atoms. The number of rotatable bonds is 5. The molecule has 2 heterocycles. The summed E-state index contributed by atoms with van der Waals surface area (Å²) in [6.07, 6.45) is 0. The van der Waals surface area contributed by atoms with Gasteiger partial charge in [0, 0.05) is 10.6 Å². The summed E-state index contributed by atoms with van der Waals surface area (Å²) in [5.41, 5.74) is 1.91. The number of anilines is 1. The molecule has 0 aliphatic carbocycles. The van der Waals surface area contributed by atoms with Gasteiger partial charge in [-0.25, -0.2) is 4.98 Å². The Morgan fingerprint density at radius 2 is 2.22 bits per heavy atom. The lowest BCUT2D eigenvalue weighted by Gasteiger charge is -2.12. The van der Waals surface area contributed by atoms with E-state index in [0.29, 0.717) is 28.2 Å². The zero-order chi connectivity index (χ0) is 19.6. The molecule has 0 radical (unpaired) electrons. The number of fused-ring (bicyclic) bond motifs is 1. The number of thiophene rings is 1. The molecule has 0 fully saturated rings. The van der Waals surface area contributed by atoms with E-state index in [1.807, 2.05) is 19.9 Å². The minimum Gasteiger partial charge on any atom is -0.325 e. The normalized spacial score (nSPS) is 11.9. The highest BCUT2D eigenvalue weighted by atomic mass is 32.2. The van der Waals surface area contributed by atoms with Crippen LogP contribution in [0.3, 0.4) is 0 Å². The van der Waals surface area contributed by atoms with E-state index in [-0.39, 0.29) is 16.7 Å². The van der Waals surface area contributed by atoms with Gasteiger partial charge in [-0.05, 0) is 44.5 Å². The van der Waals surface area contributed by atoms with Gasteiger partial charge >= 0.3 is 0 Å². The highest BCUT2D eigenvalue weighted by Gasteiger charge is 2.16. The van der Waals surface area contributed by atoms with Crippen molar-refractivity contribution in [2.75, 3.05) is 5.32 Å². The molecule has 0 unspecified atom stereocenters. The molecule has 8 heteroatoms. The molecule has 1 aromatic carbocycles. The first-order chi connectivity index (χ1) is 12.9. The van der Waals surface area contributed by atoms with Crippen molar-refractivity contribution >= 4 is 44.9 Å². The minimum absolute atomic E-state index is 0.136. The number of hydrogen-bond donors (Lipinski definition) is 2. The molecular formula is C19H18N4O2S2. The number of amides is 1. The number of carbonyl (C=O) groups is 1. The molecule has 1 amide bonds. The molecule has 0 aliphatic rings. The summed E-state index contributed by atoms with van der Waals surface area (Å²) in [6, 6.07) is 8.82. The maximum absolute atomic E-state index is 12.4. The van der Waals surface area contributed by atoms with Crippen LogP contribution in [0.25, 0.3) is 10.2 Å². The Kier molecular flexibility index (Phi) is 5.63. The van der Waals surface area contributed by atoms with E-state index in [4.69, 9.17) is 5.26 Å². The first-order valence-electron chi connectivity index (χ1n) is 8.30. The van der Waals surface area contributed by atoms with Crippen LogP contribution in [0.1, 0.15) is 28.8 Å². The van der Waals surface area contributed by atoms with Gasteiger partial charge in [-0.2, -0.15) is 5.26 Å². The zero-order valence-electron chi connectivity index (χ0n) is 15.1. The quantitative estimate of drug-likeness (QED) is 0.682. The largest absolute Gasteiger partial charge is 0.325 e. The van der Waals surface area contributed by atoms with Gasteiger partial charge in [-0.1, -0.05) is 6.07 Å². The molecule has 0 saturated carbocycles. The third kappa shape index (κ3) is 4.21. The SMILES string of the molecule is Cc1sc2nc(CS[C@H](C)C(=O)Nc3cccc(C#N)c3)[nH]c(=O)c2c1C. The van der Waals surface area contributed by atoms with Gasteiger partial charge in [-0.15, -0.1) is 23.1 Å². The average Bonchev–Trinajstić information content (AvgIpc) is 2.94. The van der Waals surface area contributed by atoms with E-state index in [2.05, 4.69) is 15.3 Å². The first-order valence-corrected chi connectivity index (χ1v) is 10.2. The van der Waals surface area contributed by atoms with Gasteiger partial charge in [0.25, 0.3) is 5.56 Å². The van der Waals surface area contributed by atoms with Gasteiger partial charge in [-0.3, -0.25) is 9.59 Å². The third-order valence-corrected chi connectivity index (χ3v) is 6.44. The van der Waals surface area contributed by atoms with Crippen LogP contribution in [0.2, 0.25) is 0 Å². The smallest absolute Gasteiger partial charge is 0.259 e. The number of carbonyl (C=O) groups excluding carboxylic acids is 1. The van der Waals surface area contributed by atoms with Crippen LogP contribution < -0.4 is 10.9 Å². The van der Waals surface area contributed by atoms with Crippen molar-refractivity contribution in [3.63, 3.8) is 0 Å². The Labute approximate surface area is 164 Å². The number of benzene rings is 1. The van der Waals surface area contributed by atoms with Crippen LogP contribution in [0.4, 0.5) is 5.69 Å². The second-order valence-corrected chi connectivity index (χ2v) is 8.64. The van der Waals surface area contributed by atoms with Gasteiger partial charge in [0.15, 0.2) is 0 Å². The summed E-state index contributed by atoms with van der Waals surface area (Å²) in [4.78, 5) is 33.8. The lowest BCUT2D eigenvalue weighted by atomic mass is 10.2. The molecule has 3 aromatic rings. The Morgan fingerprint density at radius 1 is 1.44 bits per heavy atom. The molecule has 138 valence electrons. The summed E-state index contributed by atoms with van der Waals surface area (Å²) < 4.78 is 0. The zero-order valence-corrected chi connectivity index (χ0v) is 16.8. The summed E-state index contributed by atoms with van der Waals surface area (Å²) >= 11 is 2.90. The number of thioether (sulfide) groups is 1. The summed E-state index contributed by atoms with van der Waals surface area (Å²) in [6.45, 7) is 5.70. The average molecular weight is 399 g/mol. The fourth-order valence-electron chi connectivity index (χ4n) is 2.56. The second-order valence-electron chi connectivity index (χ2n) is 6.11. The number of nitriles is 1. The van der Waals surface area contributed by atoms with Crippen LogP contribution in [0.5, 0.6) is 0 Å². The van der Waals surface area contributed by atoms with Crippen LogP contribution in [0.15, 0.2) is 29.1 Å². The van der Waals surface area contributed by atoms with E-state index >= 15 is 0 Å². The Bertz CT molecular complexity index is 1110. The topological polar surface area (TPSA) is 98.6 Å². The Hall–Kier alpha value is -2.63. The molecule has 6 nitrogen and oxygen atoms in total. The number of nitrogens with one attached hydrogen (secondary N) is 2. The number of aromatic nitrogens is 2. The van der Waals surface area contributed by atoms with Gasteiger partial charge < -0.3 is 10.3 Å². The van der Waals surface area contributed by atoms with Gasteiger partial charge in [0.05, 0.1) is 28.0 Å². The highest BCUT2D eigenvalue weighted by Crippen LogP contribution is 2.26. The van der Waals surface area contributed by atoms with E-state index in [1.54, 1.807) is 31.2 Å². The summed E-state index contributed by atoms with van der Waals surface area (Å²) in [5.74, 6) is 0.819. The maximum Gasteiger partial charge on any atom is 0.259 e. The lowest BCUT2D eigenvalue weighted by molar-refractivity contribution is -0.115. The van der Waals surface area contributed by atoms with Crippen molar-refractivity contribution in [3.05, 3.63) is 56.4 Å². The molecule has 3 rings (SSSR count). The summed E-state index contributed by atoms with van der Waals surface area (Å²) in [5, 5.41) is 12.0. The number of aryl methyl sites for hydroxylation is 2. The van der Waals surface area contributed by atoms with E-state index in [0.717, 1.165) is 15.3 Å². The van der Waals surface area contributed by atoms with Crippen molar-refractivity contribution < 1.29 is 4.79 Å². The first kappa shape index (κ1) is 19.1. The Balaban J connectivity index is 1.67. The lowest BCUT2D eigenvalue weighted by Crippen LogP contribution is -2.23. The van der Waals surface area contributed by atoms with Crippen LogP contribution in [-0.2, 0) is 10.5 Å². The predicted molar refractivity (Wildman–Crippen MR) is 110 cm³/mol. The number of H-pyrrole nitrogens is 1. The fourth-order valence-corrected chi connectivity index (χ4v) is 4.36. The van der Waals surface area contributed by atoms with Crippen molar-refractivity contribution in [2.45, 2.75) is 31.8 Å². The van der Waals surface area contributed by atoms with Crippen LogP contribution in [0, 0.1) is 25.2 Å². The molecule has 2 N–H and O–H groups in total. The Morgan fingerprint density at radius 3 is 2.96 bits per heavy atom. The van der Waals surface area contributed by atoms with Crippen molar-refractivity contribution in [2.24, 2.45) is 0 Å².